The van der Waals surface area contributed by atoms with E-state index in [1.165, 1.54) is 0 Å². The zero-order chi connectivity index (χ0) is 15.9. The second kappa shape index (κ2) is 7.45. The van der Waals surface area contributed by atoms with Crippen LogP contribution in [-0.2, 0) is 20.7 Å². The summed E-state index contributed by atoms with van der Waals surface area (Å²) in [6.45, 7) is 3.66. The number of carbonyl (C=O) groups excluding carboxylic acids is 2. The van der Waals surface area contributed by atoms with Gasteiger partial charge in [-0.1, -0.05) is 12.1 Å². The first-order valence-corrected chi connectivity index (χ1v) is 7.28. The fraction of sp³-hybridized carbons (Fsp3) is 0.294. The first-order valence-electron chi connectivity index (χ1n) is 7.28. The smallest absolute Gasteiger partial charge is 0.328 e. The van der Waals surface area contributed by atoms with E-state index in [4.69, 9.17) is 4.74 Å². The van der Waals surface area contributed by atoms with Gasteiger partial charge in [0.1, 0.15) is 6.04 Å². The van der Waals surface area contributed by atoms with E-state index in [0.717, 1.165) is 11.3 Å². The van der Waals surface area contributed by atoms with Crippen molar-refractivity contribution in [2.24, 2.45) is 0 Å². The summed E-state index contributed by atoms with van der Waals surface area (Å²) in [5.74, 6) is -0.618. The predicted octanol–water partition coefficient (Wildman–Crippen LogP) is 2.09. The number of esters is 1. The van der Waals surface area contributed by atoms with Crippen LogP contribution in [-0.4, -0.2) is 29.1 Å². The molecule has 116 valence electrons. The third-order valence-electron chi connectivity index (χ3n) is 3.22. The van der Waals surface area contributed by atoms with E-state index in [-0.39, 0.29) is 12.3 Å². The zero-order valence-corrected chi connectivity index (χ0v) is 12.8. The number of ether oxygens (including phenoxy) is 1. The van der Waals surface area contributed by atoms with Gasteiger partial charge in [-0.2, -0.15) is 0 Å². The van der Waals surface area contributed by atoms with Gasteiger partial charge in [0.25, 0.3) is 0 Å². The van der Waals surface area contributed by atoms with Crippen LogP contribution in [0.2, 0.25) is 0 Å². The summed E-state index contributed by atoms with van der Waals surface area (Å²) in [5, 5.41) is 2.64. The normalized spacial score (nSPS) is 11.7. The Hall–Kier alpha value is -2.56. The first-order chi connectivity index (χ1) is 10.6. The minimum atomic E-state index is -0.633. The fourth-order valence-corrected chi connectivity index (χ4v) is 2.10. The van der Waals surface area contributed by atoms with E-state index < -0.39 is 12.0 Å². The van der Waals surface area contributed by atoms with Gasteiger partial charge in [0.15, 0.2) is 0 Å². The maximum Gasteiger partial charge on any atom is 0.328 e. The fourth-order valence-electron chi connectivity index (χ4n) is 2.10. The van der Waals surface area contributed by atoms with E-state index in [9.17, 15) is 9.59 Å². The van der Waals surface area contributed by atoms with Crippen LogP contribution in [0.25, 0.3) is 5.69 Å². The van der Waals surface area contributed by atoms with Gasteiger partial charge in [-0.05, 0) is 43.7 Å². The Morgan fingerprint density at radius 3 is 2.41 bits per heavy atom. The molecule has 1 heterocycles. The van der Waals surface area contributed by atoms with Crippen LogP contribution in [0.15, 0.2) is 48.8 Å². The first kappa shape index (κ1) is 15.8. The van der Waals surface area contributed by atoms with Crippen LogP contribution in [0.1, 0.15) is 19.4 Å². The quantitative estimate of drug-likeness (QED) is 0.831. The zero-order valence-electron chi connectivity index (χ0n) is 12.8. The molecule has 1 aromatic carbocycles. The summed E-state index contributed by atoms with van der Waals surface area (Å²) in [5.41, 5.74) is 1.93. The lowest BCUT2D eigenvalue weighted by molar-refractivity contribution is -0.146. The number of carbonyl (C=O) groups is 2. The third kappa shape index (κ3) is 4.22. The number of nitrogens with zero attached hydrogens (tertiary/aromatic N) is 1. The molecule has 2 aromatic rings. The summed E-state index contributed by atoms with van der Waals surface area (Å²) in [7, 11) is 0. The van der Waals surface area contributed by atoms with Crippen molar-refractivity contribution in [2.45, 2.75) is 26.3 Å². The highest BCUT2D eigenvalue weighted by atomic mass is 16.5. The average Bonchev–Trinajstić information content (AvgIpc) is 3.02. The molecule has 2 rings (SSSR count). The summed E-state index contributed by atoms with van der Waals surface area (Å²) in [4.78, 5) is 23.4. The molecular formula is C17H20N2O3. The number of benzene rings is 1. The molecule has 1 N–H and O–H groups in total. The lowest BCUT2D eigenvalue weighted by Crippen LogP contribution is -2.40. The standard InChI is InChI=1S/C17H20N2O3/c1-3-22-17(21)13(2)18-16(20)12-14-6-8-15(9-7-14)19-10-4-5-11-19/h4-11,13H,3,12H2,1-2H3,(H,18,20). The Labute approximate surface area is 129 Å². The Morgan fingerprint density at radius 1 is 1.18 bits per heavy atom. The number of aromatic nitrogens is 1. The summed E-state index contributed by atoms with van der Waals surface area (Å²) >= 11 is 0. The molecule has 0 fully saturated rings. The number of hydrogen-bond donors (Lipinski definition) is 1. The molecule has 5 nitrogen and oxygen atoms in total. The van der Waals surface area contributed by atoms with Gasteiger partial charge < -0.3 is 14.6 Å². The molecule has 0 aliphatic rings. The van der Waals surface area contributed by atoms with Crippen LogP contribution in [0, 0.1) is 0 Å². The van der Waals surface area contributed by atoms with E-state index >= 15 is 0 Å². The van der Waals surface area contributed by atoms with Gasteiger partial charge >= 0.3 is 5.97 Å². The van der Waals surface area contributed by atoms with Crippen molar-refractivity contribution >= 4 is 11.9 Å². The molecule has 1 unspecified atom stereocenters. The predicted molar refractivity (Wildman–Crippen MR) is 83.7 cm³/mol. The number of hydrogen-bond acceptors (Lipinski definition) is 3. The van der Waals surface area contributed by atoms with Crippen molar-refractivity contribution in [3.8, 4) is 5.69 Å². The van der Waals surface area contributed by atoms with Crippen LogP contribution in [0.5, 0.6) is 0 Å². The van der Waals surface area contributed by atoms with Crippen molar-refractivity contribution in [3.63, 3.8) is 0 Å². The van der Waals surface area contributed by atoms with Crippen molar-refractivity contribution in [3.05, 3.63) is 54.4 Å². The molecule has 1 atom stereocenters. The second-order valence-corrected chi connectivity index (χ2v) is 4.97. The largest absolute Gasteiger partial charge is 0.464 e. The van der Waals surface area contributed by atoms with E-state index in [1.54, 1.807) is 13.8 Å². The molecule has 1 aromatic heterocycles. The van der Waals surface area contributed by atoms with E-state index in [1.807, 2.05) is 53.4 Å². The molecule has 0 aliphatic heterocycles. The van der Waals surface area contributed by atoms with E-state index in [2.05, 4.69) is 5.32 Å². The molecule has 0 bridgehead atoms. The molecule has 5 heteroatoms. The van der Waals surface area contributed by atoms with Gasteiger partial charge in [0, 0.05) is 18.1 Å². The lowest BCUT2D eigenvalue weighted by atomic mass is 10.1. The molecule has 0 saturated carbocycles. The summed E-state index contributed by atoms with van der Waals surface area (Å²) < 4.78 is 6.85. The molecule has 0 radical (unpaired) electrons. The summed E-state index contributed by atoms with van der Waals surface area (Å²) in [6.07, 6.45) is 4.15. The topological polar surface area (TPSA) is 60.3 Å². The SMILES string of the molecule is CCOC(=O)C(C)NC(=O)Cc1ccc(-n2cccc2)cc1. The minimum Gasteiger partial charge on any atom is -0.464 e. The van der Waals surface area contributed by atoms with Crippen LogP contribution >= 0.6 is 0 Å². The maximum atomic E-state index is 11.9. The number of nitrogens with one attached hydrogen (secondary N) is 1. The van der Waals surface area contributed by atoms with Gasteiger partial charge in [-0.15, -0.1) is 0 Å². The molecular weight excluding hydrogens is 280 g/mol. The Balaban J connectivity index is 1.90. The molecule has 1 amide bonds. The molecule has 0 spiro atoms. The van der Waals surface area contributed by atoms with E-state index in [0.29, 0.717) is 6.61 Å². The van der Waals surface area contributed by atoms with Gasteiger partial charge in [-0.3, -0.25) is 4.79 Å². The highest BCUT2D eigenvalue weighted by molar-refractivity contribution is 5.85. The van der Waals surface area contributed by atoms with Crippen LogP contribution in [0.4, 0.5) is 0 Å². The lowest BCUT2D eigenvalue weighted by Gasteiger charge is -2.12. The second-order valence-electron chi connectivity index (χ2n) is 4.97. The third-order valence-corrected chi connectivity index (χ3v) is 3.22. The highest BCUT2D eigenvalue weighted by Crippen LogP contribution is 2.10. The molecule has 0 aliphatic carbocycles. The Bertz CT molecular complexity index is 618. The highest BCUT2D eigenvalue weighted by Gasteiger charge is 2.16. The van der Waals surface area contributed by atoms with Gasteiger partial charge in [0.05, 0.1) is 13.0 Å². The number of amides is 1. The maximum absolute atomic E-state index is 11.9. The minimum absolute atomic E-state index is 0.200. The van der Waals surface area contributed by atoms with Crippen LogP contribution in [0.3, 0.4) is 0 Å². The average molecular weight is 300 g/mol. The molecule has 22 heavy (non-hydrogen) atoms. The Morgan fingerprint density at radius 2 is 1.82 bits per heavy atom. The Kier molecular flexibility index (Phi) is 5.36. The number of rotatable bonds is 6. The van der Waals surface area contributed by atoms with Gasteiger partial charge in [0.2, 0.25) is 5.91 Å². The van der Waals surface area contributed by atoms with Crippen molar-refractivity contribution in [2.75, 3.05) is 6.61 Å². The van der Waals surface area contributed by atoms with Crippen molar-refractivity contribution in [1.82, 2.24) is 9.88 Å². The van der Waals surface area contributed by atoms with Crippen LogP contribution < -0.4 is 5.32 Å². The van der Waals surface area contributed by atoms with Crippen molar-refractivity contribution in [1.29, 1.82) is 0 Å². The van der Waals surface area contributed by atoms with Crippen molar-refractivity contribution < 1.29 is 14.3 Å². The summed E-state index contributed by atoms with van der Waals surface area (Å²) in [6, 6.07) is 11.0. The monoisotopic (exact) mass is 300 g/mol. The molecule has 0 saturated heterocycles. The van der Waals surface area contributed by atoms with Gasteiger partial charge in [-0.25, -0.2) is 4.79 Å².